The van der Waals surface area contributed by atoms with Crippen LogP contribution >= 0.6 is 34.9 Å². The molecule has 1 aromatic heterocycles. The Morgan fingerprint density at radius 3 is 2.58 bits per heavy atom. The Morgan fingerprint density at radius 1 is 1.16 bits per heavy atom. The number of thiazole rings is 1. The zero-order valence-corrected chi connectivity index (χ0v) is 18.8. The second-order valence-electron chi connectivity index (χ2n) is 6.17. The van der Waals surface area contributed by atoms with Gasteiger partial charge in [-0.2, -0.15) is 8.78 Å². The maximum atomic E-state index is 12.5. The minimum Gasteiger partial charge on any atom is -0.452 e. The van der Waals surface area contributed by atoms with Gasteiger partial charge in [-0.05, 0) is 43.3 Å². The number of carbonyl (C=O) groups is 2. The van der Waals surface area contributed by atoms with E-state index >= 15 is 0 Å². The molecule has 0 fully saturated rings. The Morgan fingerprint density at radius 2 is 1.90 bits per heavy atom. The third-order valence-corrected chi connectivity index (χ3v) is 6.50. The van der Waals surface area contributed by atoms with Gasteiger partial charge in [-0.25, -0.2) is 9.78 Å². The lowest BCUT2D eigenvalue weighted by Crippen LogP contribution is -2.21. The monoisotopic (exact) mass is 480 g/mol. The van der Waals surface area contributed by atoms with Gasteiger partial charge in [0.15, 0.2) is 6.61 Å². The second kappa shape index (κ2) is 11.3. The van der Waals surface area contributed by atoms with Gasteiger partial charge < -0.3 is 10.1 Å². The molecule has 0 spiro atoms. The molecule has 162 valence electrons. The van der Waals surface area contributed by atoms with Crippen molar-refractivity contribution in [3.8, 4) is 0 Å². The van der Waals surface area contributed by atoms with Crippen LogP contribution in [0.5, 0.6) is 0 Å². The highest BCUT2D eigenvalue weighted by Gasteiger charge is 2.15. The molecule has 3 rings (SSSR count). The van der Waals surface area contributed by atoms with Crippen molar-refractivity contribution < 1.29 is 23.1 Å². The predicted molar refractivity (Wildman–Crippen MR) is 120 cm³/mol. The van der Waals surface area contributed by atoms with Crippen molar-refractivity contribution in [2.75, 3.05) is 11.9 Å². The number of nitrogens with one attached hydrogen (secondary N) is 1. The van der Waals surface area contributed by atoms with Crippen molar-refractivity contribution in [1.82, 2.24) is 4.98 Å². The van der Waals surface area contributed by atoms with E-state index in [1.54, 1.807) is 23.5 Å². The third kappa shape index (κ3) is 7.34. The number of halogens is 2. The Labute approximate surface area is 190 Å². The molecule has 3 aromatic rings. The number of anilines is 1. The molecule has 31 heavy (non-hydrogen) atoms. The molecule has 0 atom stereocenters. The van der Waals surface area contributed by atoms with Gasteiger partial charge in [0.25, 0.3) is 11.7 Å². The number of hydrogen-bond donors (Lipinski definition) is 1. The first-order chi connectivity index (χ1) is 14.9. The van der Waals surface area contributed by atoms with Gasteiger partial charge in [0.2, 0.25) is 0 Å². The number of nitrogens with zero attached hydrogens (tertiary/aromatic N) is 1. The minimum absolute atomic E-state index is 0.376. The van der Waals surface area contributed by atoms with Crippen molar-refractivity contribution in [3.63, 3.8) is 0 Å². The van der Waals surface area contributed by atoms with Crippen molar-refractivity contribution in [2.45, 2.75) is 28.2 Å². The first kappa shape index (κ1) is 23.2. The van der Waals surface area contributed by atoms with E-state index < -0.39 is 24.2 Å². The first-order valence-corrected chi connectivity index (χ1v) is 11.8. The number of thioether (sulfide) groups is 2. The van der Waals surface area contributed by atoms with Crippen LogP contribution in [0.15, 0.2) is 63.7 Å². The van der Waals surface area contributed by atoms with Crippen molar-refractivity contribution in [3.05, 3.63) is 70.2 Å². The molecule has 5 nitrogen and oxygen atoms in total. The third-order valence-electron chi connectivity index (χ3n) is 3.85. The van der Waals surface area contributed by atoms with E-state index in [0.29, 0.717) is 33.7 Å². The van der Waals surface area contributed by atoms with E-state index in [9.17, 15) is 18.4 Å². The number of alkyl halides is 2. The van der Waals surface area contributed by atoms with Crippen LogP contribution in [0.3, 0.4) is 0 Å². The summed E-state index contributed by atoms with van der Waals surface area (Å²) >= 11 is 3.46. The smallest absolute Gasteiger partial charge is 0.339 e. The lowest BCUT2D eigenvalue weighted by molar-refractivity contribution is -0.119. The molecule has 0 unspecified atom stereocenters. The zero-order chi connectivity index (χ0) is 22.2. The van der Waals surface area contributed by atoms with Gasteiger partial charge >= 0.3 is 5.97 Å². The molecular formula is C21H18F2N2O3S3. The summed E-state index contributed by atoms with van der Waals surface area (Å²) in [5, 5.41) is 5.53. The number of hydrogen-bond acceptors (Lipinski definition) is 7. The summed E-state index contributed by atoms with van der Waals surface area (Å²) in [6, 6.07) is 13.0. The zero-order valence-electron chi connectivity index (χ0n) is 16.3. The Hall–Kier alpha value is -2.43. The lowest BCUT2D eigenvalue weighted by atomic mass is 10.2. The molecule has 10 heteroatoms. The molecule has 0 aliphatic heterocycles. The molecule has 0 saturated carbocycles. The summed E-state index contributed by atoms with van der Waals surface area (Å²) in [6.07, 6.45) is 0. The minimum atomic E-state index is -2.51. The molecule has 2 aromatic carbocycles. The van der Waals surface area contributed by atoms with Gasteiger partial charge in [-0.3, -0.25) is 4.79 Å². The fourth-order valence-electron chi connectivity index (χ4n) is 2.51. The molecule has 0 aliphatic rings. The summed E-state index contributed by atoms with van der Waals surface area (Å²) in [7, 11) is 0. The first-order valence-electron chi connectivity index (χ1n) is 9.05. The van der Waals surface area contributed by atoms with Gasteiger partial charge in [0.05, 0.1) is 16.3 Å². The van der Waals surface area contributed by atoms with Crippen LogP contribution in [0.4, 0.5) is 14.5 Å². The maximum absolute atomic E-state index is 12.5. The summed E-state index contributed by atoms with van der Waals surface area (Å²) in [6.45, 7) is 1.47. The number of rotatable bonds is 9. The van der Waals surface area contributed by atoms with Crippen LogP contribution in [-0.4, -0.2) is 29.2 Å². The molecule has 0 bridgehead atoms. The highest BCUT2D eigenvalue weighted by molar-refractivity contribution is 7.99. The average molecular weight is 481 g/mol. The lowest BCUT2D eigenvalue weighted by Gasteiger charge is -2.10. The number of carbonyl (C=O) groups excluding carboxylic acids is 2. The van der Waals surface area contributed by atoms with E-state index in [1.807, 2.05) is 24.4 Å². The van der Waals surface area contributed by atoms with Crippen molar-refractivity contribution in [2.24, 2.45) is 0 Å². The maximum Gasteiger partial charge on any atom is 0.339 e. The molecule has 0 aliphatic carbocycles. The largest absolute Gasteiger partial charge is 0.452 e. The molecule has 1 heterocycles. The van der Waals surface area contributed by atoms with E-state index in [2.05, 4.69) is 10.3 Å². The van der Waals surface area contributed by atoms with Crippen molar-refractivity contribution in [1.29, 1.82) is 0 Å². The van der Waals surface area contributed by atoms with Crippen molar-refractivity contribution >= 4 is 52.4 Å². The summed E-state index contributed by atoms with van der Waals surface area (Å²) in [5.74, 6) is -3.01. The van der Waals surface area contributed by atoms with E-state index in [-0.39, 0.29) is 0 Å². The highest BCUT2D eigenvalue weighted by atomic mass is 32.2. The predicted octanol–water partition coefficient (Wildman–Crippen LogP) is 5.85. The van der Waals surface area contributed by atoms with Gasteiger partial charge in [0, 0.05) is 26.6 Å². The number of aryl methyl sites for hydroxylation is 1. The number of benzene rings is 2. The van der Waals surface area contributed by atoms with Gasteiger partial charge in [-0.1, -0.05) is 23.9 Å². The number of aromatic nitrogens is 1. The Bertz CT molecular complexity index is 1040. The van der Waals surface area contributed by atoms with Crippen LogP contribution in [0.1, 0.15) is 21.1 Å². The molecule has 0 radical (unpaired) electrons. The van der Waals surface area contributed by atoms with E-state index in [1.165, 1.54) is 36.0 Å². The standard InChI is InChI=1S/C21H18F2N2O3S3/c1-13-24-15(11-29-13)12-30-18-5-3-2-4-17(18)20(27)28-10-19(26)25-14-6-8-16(9-7-14)31-21(22)23/h2-9,11,21H,10,12H2,1H3,(H,25,26). The quantitative estimate of drug-likeness (QED) is 0.306. The molecular weight excluding hydrogens is 462 g/mol. The van der Waals surface area contributed by atoms with Crippen LogP contribution in [-0.2, 0) is 15.3 Å². The Kier molecular flexibility index (Phi) is 8.44. The van der Waals surface area contributed by atoms with Gasteiger partial charge in [0.1, 0.15) is 0 Å². The molecule has 1 amide bonds. The average Bonchev–Trinajstić information content (AvgIpc) is 3.17. The fourth-order valence-corrected chi connectivity index (χ4v) is 4.66. The van der Waals surface area contributed by atoms with Crippen LogP contribution < -0.4 is 5.32 Å². The SMILES string of the molecule is Cc1nc(CSc2ccccc2C(=O)OCC(=O)Nc2ccc(SC(F)F)cc2)cs1. The summed E-state index contributed by atoms with van der Waals surface area (Å²) in [5.41, 5.74) is 1.74. The second-order valence-corrected chi connectivity index (χ2v) is 9.31. The number of amides is 1. The normalized spacial score (nSPS) is 10.8. The Balaban J connectivity index is 1.52. The van der Waals surface area contributed by atoms with Gasteiger partial charge in [-0.15, -0.1) is 23.1 Å². The summed E-state index contributed by atoms with van der Waals surface area (Å²) in [4.78, 5) is 30.1. The van der Waals surface area contributed by atoms with Crippen LogP contribution in [0, 0.1) is 6.92 Å². The van der Waals surface area contributed by atoms with Crippen LogP contribution in [0.25, 0.3) is 0 Å². The number of esters is 1. The fraction of sp³-hybridized carbons (Fsp3) is 0.190. The highest BCUT2D eigenvalue weighted by Crippen LogP contribution is 2.28. The molecule has 1 N–H and O–H groups in total. The summed E-state index contributed by atoms with van der Waals surface area (Å²) < 4.78 is 29.9. The topological polar surface area (TPSA) is 68.3 Å². The van der Waals surface area contributed by atoms with E-state index in [0.717, 1.165) is 15.6 Å². The van der Waals surface area contributed by atoms with Crippen LogP contribution in [0.2, 0.25) is 0 Å². The van der Waals surface area contributed by atoms with E-state index in [4.69, 9.17) is 4.74 Å². The number of ether oxygens (including phenoxy) is 1. The molecule has 0 saturated heterocycles.